The van der Waals surface area contributed by atoms with Crippen LogP contribution in [0.5, 0.6) is 17.4 Å². The first-order chi connectivity index (χ1) is 13.8. The smallest absolute Gasteiger partial charge is 0.287 e. The summed E-state index contributed by atoms with van der Waals surface area (Å²) in [7, 11) is 1.60. The summed E-state index contributed by atoms with van der Waals surface area (Å²) in [6.07, 6.45) is 2.78. The standard InChI is InChI=1S/C21H26N2O6/c1-13-14(2)20-17(15(3)19(13)28-12-26-5)8-9-21(4,29-20)11-27-18-7-6-16(10-22-18)23(24)25/h6-7,10H,8-9,11-12H2,1-5H3. The fourth-order valence-corrected chi connectivity index (χ4v) is 3.51. The molecule has 29 heavy (non-hydrogen) atoms. The van der Waals surface area contributed by atoms with Gasteiger partial charge in [0.25, 0.3) is 5.69 Å². The van der Waals surface area contributed by atoms with Crippen LogP contribution < -0.4 is 14.2 Å². The molecular weight excluding hydrogens is 376 g/mol. The minimum absolute atomic E-state index is 0.0699. The Hall–Kier alpha value is -2.87. The van der Waals surface area contributed by atoms with E-state index in [4.69, 9.17) is 18.9 Å². The number of nitrogens with zero attached hydrogens (tertiary/aromatic N) is 2. The molecule has 3 rings (SSSR count). The molecule has 0 aliphatic carbocycles. The molecule has 0 fully saturated rings. The number of nitro groups is 1. The number of fused-ring (bicyclic) bond motifs is 1. The number of hydrogen-bond donors (Lipinski definition) is 0. The molecule has 8 nitrogen and oxygen atoms in total. The lowest BCUT2D eigenvalue weighted by Crippen LogP contribution is -2.42. The van der Waals surface area contributed by atoms with E-state index in [1.165, 1.54) is 18.3 Å². The van der Waals surface area contributed by atoms with Gasteiger partial charge in [-0.3, -0.25) is 10.1 Å². The maximum atomic E-state index is 10.7. The number of ether oxygens (including phenoxy) is 4. The van der Waals surface area contributed by atoms with E-state index in [1.807, 2.05) is 27.7 Å². The molecule has 0 spiro atoms. The van der Waals surface area contributed by atoms with Gasteiger partial charge in [-0.15, -0.1) is 0 Å². The van der Waals surface area contributed by atoms with Gasteiger partial charge in [0.05, 0.1) is 4.92 Å². The minimum Gasteiger partial charge on any atom is -0.483 e. The van der Waals surface area contributed by atoms with Gasteiger partial charge >= 0.3 is 0 Å². The third-order valence-corrected chi connectivity index (χ3v) is 5.34. The molecule has 2 aromatic rings. The Bertz CT molecular complexity index is 913. The third-order valence-electron chi connectivity index (χ3n) is 5.34. The second-order valence-corrected chi connectivity index (χ2v) is 7.52. The molecule has 1 aliphatic heterocycles. The number of rotatable bonds is 7. The third kappa shape index (κ3) is 4.27. The molecule has 0 saturated carbocycles. The van der Waals surface area contributed by atoms with E-state index in [9.17, 15) is 10.1 Å². The van der Waals surface area contributed by atoms with E-state index in [2.05, 4.69) is 4.98 Å². The zero-order valence-electron chi connectivity index (χ0n) is 17.4. The Balaban J connectivity index is 1.78. The lowest BCUT2D eigenvalue weighted by molar-refractivity contribution is -0.385. The van der Waals surface area contributed by atoms with Crippen LogP contribution in [-0.4, -0.2) is 36.0 Å². The average Bonchev–Trinajstić information content (AvgIpc) is 2.71. The molecule has 0 amide bonds. The van der Waals surface area contributed by atoms with Crippen LogP contribution in [0.3, 0.4) is 0 Å². The second-order valence-electron chi connectivity index (χ2n) is 7.52. The molecule has 0 saturated heterocycles. The molecule has 0 bridgehead atoms. The van der Waals surface area contributed by atoms with Gasteiger partial charge in [-0.1, -0.05) is 0 Å². The van der Waals surface area contributed by atoms with Crippen LogP contribution in [-0.2, 0) is 11.2 Å². The van der Waals surface area contributed by atoms with Gasteiger partial charge in [0.15, 0.2) is 6.79 Å². The maximum Gasteiger partial charge on any atom is 0.287 e. The molecular formula is C21H26N2O6. The van der Waals surface area contributed by atoms with Crippen LogP contribution in [0.1, 0.15) is 35.6 Å². The second kappa shape index (κ2) is 8.24. The zero-order chi connectivity index (χ0) is 21.2. The SMILES string of the molecule is COCOc1c(C)c(C)c2c(c1C)CCC(C)(COc1ccc([N+](=O)[O-])cn1)O2. The maximum absolute atomic E-state index is 10.7. The summed E-state index contributed by atoms with van der Waals surface area (Å²) in [4.78, 5) is 14.3. The summed E-state index contributed by atoms with van der Waals surface area (Å²) in [6, 6.07) is 2.87. The average molecular weight is 402 g/mol. The Morgan fingerprint density at radius 2 is 1.97 bits per heavy atom. The van der Waals surface area contributed by atoms with Crippen LogP contribution in [0.15, 0.2) is 18.3 Å². The van der Waals surface area contributed by atoms with Crippen LogP contribution in [0.25, 0.3) is 0 Å². The van der Waals surface area contributed by atoms with Crippen LogP contribution >= 0.6 is 0 Å². The first-order valence-corrected chi connectivity index (χ1v) is 9.42. The number of benzene rings is 1. The highest BCUT2D eigenvalue weighted by molar-refractivity contribution is 5.59. The van der Waals surface area contributed by atoms with Crippen molar-refractivity contribution in [3.8, 4) is 17.4 Å². The van der Waals surface area contributed by atoms with Crippen molar-refractivity contribution in [3.63, 3.8) is 0 Å². The van der Waals surface area contributed by atoms with E-state index < -0.39 is 10.5 Å². The van der Waals surface area contributed by atoms with E-state index in [0.29, 0.717) is 5.88 Å². The molecule has 1 atom stereocenters. The van der Waals surface area contributed by atoms with Gasteiger partial charge < -0.3 is 18.9 Å². The van der Waals surface area contributed by atoms with Crippen molar-refractivity contribution in [1.82, 2.24) is 4.98 Å². The van der Waals surface area contributed by atoms with Gasteiger partial charge in [-0.05, 0) is 57.2 Å². The summed E-state index contributed by atoms with van der Waals surface area (Å²) >= 11 is 0. The molecule has 2 heterocycles. The first-order valence-electron chi connectivity index (χ1n) is 9.42. The summed E-state index contributed by atoms with van der Waals surface area (Å²) < 4.78 is 23.0. The monoisotopic (exact) mass is 402 g/mol. The summed E-state index contributed by atoms with van der Waals surface area (Å²) in [6.45, 7) is 8.57. The molecule has 1 aromatic carbocycles. The predicted octanol–water partition coefficient (Wildman–Crippen LogP) is 4.06. The fourth-order valence-electron chi connectivity index (χ4n) is 3.51. The highest BCUT2D eigenvalue weighted by Crippen LogP contribution is 2.43. The Labute approximate surface area is 169 Å². The van der Waals surface area contributed by atoms with E-state index in [0.717, 1.165) is 46.6 Å². The lowest BCUT2D eigenvalue weighted by atomic mass is 9.87. The summed E-state index contributed by atoms with van der Waals surface area (Å²) in [5, 5.41) is 10.7. The normalized spacial score (nSPS) is 18.0. The van der Waals surface area contributed by atoms with E-state index >= 15 is 0 Å². The molecule has 8 heteroatoms. The highest BCUT2D eigenvalue weighted by Gasteiger charge is 2.35. The van der Waals surface area contributed by atoms with Crippen molar-refractivity contribution in [2.24, 2.45) is 0 Å². The van der Waals surface area contributed by atoms with Gasteiger partial charge in [-0.25, -0.2) is 4.98 Å². The number of methoxy groups -OCH3 is 1. The van der Waals surface area contributed by atoms with Gasteiger partial charge in [0.2, 0.25) is 5.88 Å². The lowest BCUT2D eigenvalue weighted by Gasteiger charge is -2.37. The van der Waals surface area contributed by atoms with Crippen molar-refractivity contribution in [3.05, 3.63) is 50.7 Å². The van der Waals surface area contributed by atoms with Crippen molar-refractivity contribution in [1.29, 1.82) is 0 Å². The van der Waals surface area contributed by atoms with Crippen molar-refractivity contribution in [2.75, 3.05) is 20.5 Å². The highest BCUT2D eigenvalue weighted by atomic mass is 16.7. The minimum atomic E-state index is -0.533. The van der Waals surface area contributed by atoms with Crippen molar-refractivity contribution in [2.45, 2.75) is 46.1 Å². The zero-order valence-corrected chi connectivity index (χ0v) is 17.4. The predicted molar refractivity (Wildman–Crippen MR) is 107 cm³/mol. The van der Waals surface area contributed by atoms with Gasteiger partial charge in [-0.2, -0.15) is 0 Å². The quantitative estimate of drug-likeness (QED) is 0.392. The molecule has 0 radical (unpaired) electrons. The largest absolute Gasteiger partial charge is 0.483 e. The fraction of sp³-hybridized carbons (Fsp3) is 0.476. The topological polar surface area (TPSA) is 93.0 Å². The van der Waals surface area contributed by atoms with Crippen LogP contribution in [0, 0.1) is 30.9 Å². The molecule has 1 aliphatic rings. The van der Waals surface area contributed by atoms with E-state index in [-0.39, 0.29) is 19.1 Å². The number of aromatic nitrogens is 1. The van der Waals surface area contributed by atoms with Crippen molar-refractivity contribution < 1.29 is 23.9 Å². The van der Waals surface area contributed by atoms with Crippen LogP contribution in [0.4, 0.5) is 5.69 Å². The Kier molecular flexibility index (Phi) is 5.93. The molecule has 156 valence electrons. The number of pyridine rings is 1. The molecule has 1 aromatic heterocycles. The first kappa shape index (κ1) is 20.9. The van der Waals surface area contributed by atoms with Crippen molar-refractivity contribution >= 4 is 5.69 Å². The molecule has 0 N–H and O–H groups in total. The molecule has 1 unspecified atom stereocenters. The van der Waals surface area contributed by atoms with E-state index in [1.54, 1.807) is 7.11 Å². The Morgan fingerprint density at radius 1 is 1.21 bits per heavy atom. The Morgan fingerprint density at radius 3 is 2.59 bits per heavy atom. The summed E-state index contributed by atoms with van der Waals surface area (Å²) in [5.74, 6) is 2.05. The number of hydrogen-bond acceptors (Lipinski definition) is 7. The van der Waals surface area contributed by atoms with Gasteiger partial charge in [0, 0.05) is 24.8 Å². The summed E-state index contributed by atoms with van der Waals surface area (Å²) in [5.41, 5.74) is 3.68. The van der Waals surface area contributed by atoms with Crippen LogP contribution in [0.2, 0.25) is 0 Å². The van der Waals surface area contributed by atoms with Gasteiger partial charge in [0.1, 0.15) is 29.9 Å².